The number of phosphoric acid groups is 4. The number of anilines is 4. The Morgan fingerprint density at radius 2 is 0.629 bits per heavy atom. The molecule has 45 nitrogen and oxygen atoms in total. The highest BCUT2D eigenvalue weighted by Crippen LogP contribution is 2.55. The molecule has 0 bridgehead atoms. The SMILES string of the molecule is Nc1ncnc2c1ncn2[C@@H]1O[C@H](COP(=O)(O)O[C@H]2[C@@H](O)[C@H](n3cnc4c(N)ncnc43)O[C@@H]2COP(=O)(O)O[C@H]2[C@@H](O)[C@H](n3cnc4c(N)ncnc43)O[C@@H]2COP(=O)(O)O[C@H]2[C@@H](O)[C@H](n3cnc4c(N)ncnc43)O[C@@H]2COP(=O)(O)O)[C@@H](O)[C@H]1O. The van der Waals surface area contributed by atoms with Gasteiger partial charge in [0.2, 0.25) is 0 Å². The number of hydrogen-bond acceptors (Lipinski definition) is 36. The second-order valence-electron chi connectivity index (χ2n) is 19.8. The Balaban J connectivity index is 0.772. The summed E-state index contributed by atoms with van der Waals surface area (Å²) in [4.78, 5) is 101. The molecule has 12 heterocycles. The number of nitrogens with zero attached hydrogens (tertiary/aromatic N) is 16. The van der Waals surface area contributed by atoms with Crippen LogP contribution in [0.5, 0.6) is 0 Å². The number of hydrogen-bond donors (Lipinski definition) is 14. The molecule has 0 aromatic carbocycles. The van der Waals surface area contributed by atoms with Crippen molar-refractivity contribution in [1.82, 2.24) is 78.1 Å². The summed E-state index contributed by atoms with van der Waals surface area (Å²) in [5.41, 5.74) is 23.9. The molecule has 18 N–H and O–H groups in total. The first kappa shape index (κ1) is 62.7. The number of nitrogen functional groups attached to an aromatic ring is 4. The van der Waals surface area contributed by atoms with Crippen LogP contribution in [0.4, 0.5) is 23.3 Å². The molecular formula is C40H50N20O25P4. The summed E-state index contributed by atoms with van der Waals surface area (Å²) in [6.07, 6.45) is -20.7. The maximum atomic E-state index is 14.2. The Labute approximate surface area is 493 Å². The van der Waals surface area contributed by atoms with E-state index < -0.39 is 156 Å². The lowest BCUT2D eigenvalue weighted by molar-refractivity contribution is -0.0632. The smallest absolute Gasteiger partial charge is 0.387 e. The molecule has 4 saturated heterocycles. The molecule has 480 valence electrons. The summed E-state index contributed by atoms with van der Waals surface area (Å²) < 4.78 is 119. The fourth-order valence-corrected chi connectivity index (χ4v) is 13.4. The van der Waals surface area contributed by atoms with Crippen LogP contribution in [0.15, 0.2) is 50.6 Å². The van der Waals surface area contributed by atoms with Crippen LogP contribution in [0.25, 0.3) is 44.7 Å². The Bertz CT molecular complexity index is 4150. The lowest BCUT2D eigenvalue weighted by atomic mass is 10.1. The number of ether oxygens (including phenoxy) is 4. The standard InChI is InChI=1S/C40H50N20O25P4/c41-29-17-33(49-5-45-29)57(9-53-17)37-22(62)21(61)13(79-37)1-76-87(69,70)84-27-15(81-39(24(27)64)59-11-55-19-31(43)47-7-51-35(19)59)3-78-89(73,74)85-28-16(82-40(25(28)65)60-12-56-20-32(44)48-8-52-36(20)60)4-77-88(71,72)83-26-14(2-75-86(66,67)68)80-38(23(26)63)58-10-54-18-30(42)46-6-50-34(18)58/h5-16,21-28,37-40,61-65H,1-4H2,(H,69,70)(H,71,72)(H,73,74)(H2,41,45,49)(H2,42,46,50)(H2,43,47,51)(H2,44,48,52)(H2,66,67,68)/t13-,14-,15-,16-,21-,22-,23-,24-,25-,26-,27-,28-,37-,38-,39-,40-/m1/s1. The van der Waals surface area contributed by atoms with E-state index in [0.717, 1.165) is 58.0 Å². The van der Waals surface area contributed by atoms with Crippen LogP contribution in [0.1, 0.15) is 24.9 Å². The molecule has 0 saturated carbocycles. The second kappa shape index (κ2) is 23.9. The summed E-state index contributed by atoms with van der Waals surface area (Å²) in [6.45, 7) is -4.44. The molecular weight excluding hydrogens is 1280 g/mol. The molecule has 4 fully saturated rings. The Morgan fingerprint density at radius 1 is 0.371 bits per heavy atom. The number of imidazole rings is 4. The Hall–Kier alpha value is -6.52. The van der Waals surface area contributed by atoms with E-state index in [1.54, 1.807) is 0 Å². The van der Waals surface area contributed by atoms with Crippen molar-refractivity contribution in [3.63, 3.8) is 0 Å². The van der Waals surface area contributed by atoms with E-state index in [1.807, 2.05) is 0 Å². The van der Waals surface area contributed by atoms with Gasteiger partial charge in [-0.15, -0.1) is 0 Å². The molecule has 0 spiro atoms. The van der Waals surface area contributed by atoms with Crippen molar-refractivity contribution in [2.45, 2.75) is 98.2 Å². The van der Waals surface area contributed by atoms with Gasteiger partial charge in [0.05, 0.1) is 51.7 Å². The van der Waals surface area contributed by atoms with Crippen molar-refractivity contribution in [3.05, 3.63) is 50.6 Å². The fourth-order valence-electron chi connectivity index (χ4n) is 10.2. The number of nitrogens with two attached hydrogens (primary N) is 4. The minimum Gasteiger partial charge on any atom is -0.387 e. The zero-order valence-corrected chi connectivity index (χ0v) is 48.1. The van der Waals surface area contributed by atoms with Crippen LogP contribution in [-0.4, -0.2) is 228 Å². The number of aliphatic hydroxyl groups excluding tert-OH is 5. The maximum Gasteiger partial charge on any atom is 0.472 e. The van der Waals surface area contributed by atoms with Gasteiger partial charge in [-0.2, -0.15) is 0 Å². The topological polar surface area (TPSA) is 651 Å². The van der Waals surface area contributed by atoms with E-state index in [0.29, 0.717) is 0 Å². The molecule has 8 aromatic rings. The first-order chi connectivity index (χ1) is 42.2. The summed E-state index contributed by atoms with van der Waals surface area (Å²) in [7, 11) is -22.1. The van der Waals surface area contributed by atoms with E-state index in [-0.39, 0.29) is 67.9 Å². The number of fused-ring (bicyclic) bond motifs is 4. The van der Waals surface area contributed by atoms with Crippen LogP contribution in [0.3, 0.4) is 0 Å². The molecule has 3 unspecified atom stereocenters. The van der Waals surface area contributed by atoms with Crippen molar-refractivity contribution in [2.24, 2.45) is 0 Å². The highest BCUT2D eigenvalue weighted by molar-refractivity contribution is 7.48. The molecule has 19 atom stereocenters. The lowest BCUT2D eigenvalue weighted by Crippen LogP contribution is -2.38. The third-order valence-corrected chi connectivity index (χ3v) is 17.7. The van der Waals surface area contributed by atoms with E-state index in [2.05, 4.69) is 64.3 Å². The highest BCUT2D eigenvalue weighted by atomic mass is 31.2. The third kappa shape index (κ3) is 12.3. The van der Waals surface area contributed by atoms with E-state index >= 15 is 0 Å². The molecule has 8 aromatic heterocycles. The predicted molar refractivity (Wildman–Crippen MR) is 285 cm³/mol. The van der Waals surface area contributed by atoms with Gasteiger partial charge < -0.3 is 91.9 Å². The third-order valence-electron chi connectivity index (χ3n) is 14.3. The lowest BCUT2D eigenvalue weighted by Gasteiger charge is -2.26. The van der Waals surface area contributed by atoms with Gasteiger partial charge in [-0.3, -0.25) is 49.9 Å². The molecule has 0 aliphatic carbocycles. The normalized spacial score (nSPS) is 31.3. The fraction of sp³-hybridized carbons (Fsp3) is 0.500. The zero-order valence-electron chi connectivity index (χ0n) is 44.5. The average Bonchev–Trinajstić information content (AvgIpc) is 1.95. The molecule has 0 radical (unpaired) electrons. The van der Waals surface area contributed by atoms with E-state index in [9.17, 15) is 68.3 Å². The van der Waals surface area contributed by atoms with E-state index in [4.69, 9.17) is 69.0 Å². The molecule has 49 heteroatoms. The predicted octanol–water partition coefficient (Wildman–Crippen LogP) is -4.32. The number of phosphoric ester groups is 4. The number of aromatic nitrogens is 16. The Kier molecular flexibility index (Phi) is 16.9. The zero-order chi connectivity index (χ0) is 63.2. The maximum absolute atomic E-state index is 14.2. The largest absolute Gasteiger partial charge is 0.472 e. The Morgan fingerprint density at radius 3 is 0.921 bits per heavy atom. The summed E-state index contributed by atoms with van der Waals surface area (Å²) >= 11 is 0. The molecule has 89 heavy (non-hydrogen) atoms. The summed E-state index contributed by atoms with van der Waals surface area (Å²) in [5.74, 6) is -0.342. The van der Waals surface area contributed by atoms with Gasteiger partial charge in [0.1, 0.15) is 121 Å². The van der Waals surface area contributed by atoms with Crippen molar-refractivity contribution in [1.29, 1.82) is 0 Å². The molecule has 0 amide bonds. The van der Waals surface area contributed by atoms with Gasteiger partial charge in [-0.05, 0) is 0 Å². The molecule has 12 rings (SSSR count). The highest BCUT2D eigenvalue weighted by Gasteiger charge is 2.55. The van der Waals surface area contributed by atoms with E-state index in [1.165, 1.54) is 10.9 Å². The van der Waals surface area contributed by atoms with Crippen molar-refractivity contribution < 1.29 is 119 Å². The average molecular weight is 1330 g/mol. The summed E-state index contributed by atoms with van der Waals surface area (Å²) in [6, 6.07) is 0. The number of rotatable bonds is 22. The number of aliphatic hydroxyl groups is 5. The van der Waals surface area contributed by atoms with Crippen molar-refractivity contribution in [2.75, 3.05) is 49.4 Å². The van der Waals surface area contributed by atoms with Crippen molar-refractivity contribution >= 4 is 99.2 Å². The monoisotopic (exact) mass is 1330 g/mol. The van der Waals surface area contributed by atoms with Gasteiger partial charge >= 0.3 is 31.3 Å². The molecule has 4 aliphatic heterocycles. The van der Waals surface area contributed by atoms with Gasteiger partial charge in [0, 0.05) is 0 Å². The van der Waals surface area contributed by atoms with Crippen LogP contribution in [0, 0.1) is 0 Å². The van der Waals surface area contributed by atoms with Crippen LogP contribution >= 0.6 is 31.3 Å². The van der Waals surface area contributed by atoms with Crippen LogP contribution < -0.4 is 22.9 Å². The van der Waals surface area contributed by atoms with Gasteiger partial charge in [-0.25, -0.2) is 78.1 Å². The minimum absolute atomic E-state index is 0.00932. The minimum atomic E-state index is -5.72. The summed E-state index contributed by atoms with van der Waals surface area (Å²) in [5, 5.41) is 57.2. The van der Waals surface area contributed by atoms with Gasteiger partial charge in [0.15, 0.2) is 70.8 Å². The van der Waals surface area contributed by atoms with Crippen LogP contribution in [0.2, 0.25) is 0 Å². The molecule has 4 aliphatic rings. The second-order valence-corrected chi connectivity index (χ2v) is 25.3. The van der Waals surface area contributed by atoms with Crippen LogP contribution in [-0.2, 0) is 68.9 Å². The quantitative estimate of drug-likeness (QED) is 0.0285. The van der Waals surface area contributed by atoms with Gasteiger partial charge in [-0.1, -0.05) is 0 Å². The first-order valence-corrected chi connectivity index (χ1v) is 31.6. The van der Waals surface area contributed by atoms with Crippen molar-refractivity contribution in [3.8, 4) is 0 Å². The first-order valence-electron chi connectivity index (χ1n) is 25.6. The van der Waals surface area contributed by atoms with Gasteiger partial charge in [0.25, 0.3) is 0 Å².